The van der Waals surface area contributed by atoms with Crippen LogP contribution in [0.25, 0.3) is 10.7 Å². The molecule has 0 atom stereocenters. The van der Waals surface area contributed by atoms with Crippen molar-refractivity contribution in [3.05, 3.63) is 53.7 Å². The minimum Gasteiger partial charge on any atom is -0.354 e. The molecule has 0 unspecified atom stereocenters. The van der Waals surface area contributed by atoms with Crippen molar-refractivity contribution in [3.63, 3.8) is 0 Å². The lowest BCUT2D eigenvalue weighted by Crippen LogP contribution is -2.04. The number of anilines is 2. The van der Waals surface area contributed by atoms with Gasteiger partial charge in [-0.05, 0) is 36.4 Å². The Hall–Kier alpha value is -2.48. The quantitative estimate of drug-likeness (QED) is 0.778. The second kappa shape index (κ2) is 5.72. The molecular formula is C14H9F3N4S. The van der Waals surface area contributed by atoms with Gasteiger partial charge in [-0.3, -0.25) is 4.98 Å². The lowest BCUT2D eigenvalue weighted by molar-refractivity contribution is -0.137. The number of benzene rings is 1. The summed E-state index contributed by atoms with van der Waals surface area (Å²) in [6, 6.07) is 8.32. The molecule has 0 spiro atoms. The minimum absolute atomic E-state index is 0.534. The summed E-state index contributed by atoms with van der Waals surface area (Å²) < 4.78 is 37.7. The van der Waals surface area contributed by atoms with Crippen molar-refractivity contribution >= 4 is 22.7 Å². The summed E-state index contributed by atoms with van der Waals surface area (Å²) in [6.07, 6.45) is -2.72. The molecule has 1 aromatic carbocycles. The van der Waals surface area contributed by atoms with Gasteiger partial charge in [0.15, 0.2) is 5.01 Å². The van der Waals surface area contributed by atoms with Gasteiger partial charge in [0.25, 0.3) is 0 Å². The van der Waals surface area contributed by atoms with Crippen LogP contribution < -0.4 is 5.32 Å². The molecule has 2 aromatic heterocycles. The maximum absolute atomic E-state index is 12.6. The minimum atomic E-state index is -4.34. The van der Waals surface area contributed by atoms with Gasteiger partial charge in [0.2, 0.25) is 0 Å². The number of alkyl halides is 3. The van der Waals surface area contributed by atoms with Crippen molar-refractivity contribution in [1.82, 2.24) is 15.2 Å². The maximum atomic E-state index is 12.6. The van der Waals surface area contributed by atoms with Crippen LogP contribution in [0.1, 0.15) is 5.56 Å². The number of halogens is 3. The average Bonchev–Trinajstić information content (AvgIpc) is 3.01. The third kappa shape index (κ3) is 3.06. The summed E-state index contributed by atoms with van der Waals surface area (Å²) in [4.78, 5) is 4.24. The summed E-state index contributed by atoms with van der Waals surface area (Å²) in [6.45, 7) is 0. The molecule has 4 nitrogen and oxygen atoms in total. The molecule has 0 aliphatic carbocycles. The van der Waals surface area contributed by atoms with Crippen LogP contribution in [0.3, 0.4) is 0 Å². The first-order valence-corrected chi connectivity index (χ1v) is 7.08. The van der Waals surface area contributed by atoms with Gasteiger partial charge in [0.1, 0.15) is 11.2 Å². The first kappa shape index (κ1) is 14.5. The smallest absolute Gasteiger partial charge is 0.354 e. The van der Waals surface area contributed by atoms with Crippen molar-refractivity contribution in [3.8, 4) is 10.7 Å². The fraction of sp³-hybridized carbons (Fsp3) is 0.0714. The zero-order valence-electron chi connectivity index (χ0n) is 11.0. The van der Waals surface area contributed by atoms with Gasteiger partial charge in [-0.15, -0.1) is 10.2 Å². The van der Waals surface area contributed by atoms with Crippen molar-refractivity contribution in [2.24, 2.45) is 0 Å². The van der Waals surface area contributed by atoms with Crippen molar-refractivity contribution in [1.29, 1.82) is 0 Å². The highest BCUT2D eigenvalue weighted by molar-refractivity contribution is 7.12. The molecular weight excluding hydrogens is 313 g/mol. The molecule has 0 fully saturated rings. The number of pyridine rings is 1. The van der Waals surface area contributed by atoms with E-state index in [2.05, 4.69) is 20.5 Å². The topological polar surface area (TPSA) is 50.7 Å². The number of nitrogens with one attached hydrogen (secondary N) is 1. The van der Waals surface area contributed by atoms with Crippen molar-refractivity contribution in [2.45, 2.75) is 6.18 Å². The van der Waals surface area contributed by atoms with Crippen LogP contribution >= 0.6 is 11.3 Å². The molecule has 0 bridgehead atoms. The third-order valence-electron chi connectivity index (χ3n) is 2.86. The SMILES string of the molecule is FC(F)(F)c1ccc(Nc2cccnc2-c2nncs2)cc1. The van der Waals surface area contributed by atoms with Crippen LogP contribution in [0.4, 0.5) is 24.5 Å². The third-order valence-corrected chi connectivity index (χ3v) is 3.56. The van der Waals surface area contributed by atoms with Crippen LogP contribution in [0.15, 0.2) is 48.1 Å². The normalized spacial score (nSPS) is 11.4. The molecule has 2 heterocycles. The Kier molecular flexibility index (Phi) is 3.76. The summed E-state index contributed by atoms with van der Waals surface area (Å²) >= 11 is 1.33. The summed E-state index contributed by atoms with van der Waals surface area (Å²) in [7, 11) is 0. The Morgan fingerprint density at radius 1 is 1.05 bits per heavy atom. The van der Waals surface area contributed by atoms with E-state index in [0.717, 1.165) is 12.1 Å². The van der Waals surface area contributed by atoms with Crippen LogP contribution in [0.5, 0.6) is 0 Å². The summed E-state index contributed by atoms with van der Waals surface area (Å²) in [5, 5.41) is 11.4. The molecule has 0 aliphatic rings. The first-order valence-electron chi connectivity index (χ1n) is 6.20. The largest absolute Gasteiger partial charge is 0.416 e. The van der Waals surface area contributed by atoms with E-state index in [1.807, 2.05) is 0 Å². The maximum Gasteiger partial charge on any atom is 0.416 e. The van der Waals surface area contributed by atoms with E-state index in [1.54, 1.807) is 23.8 Å². The van der Waals surface area contributed by atoms with Crippen molar-refractivity contribution in [2.75, 3.05) is 5.32 Å². The fourth-order valence-corrected chi connectivity index (χ4v) is 2.41. The fourth-order valence-electron chi connectivity index (χ4n) is 1.85. The Balaban J connectivity index is 1.88. The summed E-state index contributed by atoms with van der Waals surface area (Å²) in [5.74, 6) is 0. The zero-order valence-corrected chi connectivity index (χ0v) is 11.8. The molecule has 0 amide bonds. The number of rotatable bonds is 3. The van der Waals surface area contributed by atoms with Crippen LogP contribution in [-0.4, -0.2) is 15.2 Å². The van der Waals surface area contributed by atoms with E-state index in [9.17, 15) is 13.2 Å². The molecule has 112 valence electrons. The van der Waals surface area contributed by atoms with Crippen LogP contribution in [0, 0.1) is 0 Å². The molecule has 1 N–H and O–H groups in total. The second-order valence-electron chi connectivity index (χ2n) is 4.34. The predicted octanol–water partition coefficient (Wildman–Crippen LogP) is 4.36. The van der Waals surface area contributed by atoms with Crippen LogP contribution in [-0.2, 0) is 6.18 Å². The van der Waals surface area contributed by atoms with Gasteiger partial charge in [-0.1, -0.05) is 11.3 Å². The van der Waals surface area contributed by atoms with E-state index in [1.165, 1.54) is 23.5 Å². The zero-order chi connectivity index (χ0) is 15.6. The molecule has 3 aromatic rings. The molecule has 22 heavy (non-hydrogen) atoms. The van der Waals surface area contributed by atoms with Gasteiger partial charge in [0.05, 0.1) is 11.3 Å². The lowest BCUT2D eigenvalue weighted by atomic mass is 10.2. The molecule has 0 radical (unpaired) electrons. The Morgan fingerprint density at radius 2 is 1.82 bits per heavy atom. The highest BCUT2D eigenvalue weighted by Crippen LogP contribution is 2.32. The number of aromatic nitrogens is 3. The van der Waals surface area contributed by atoms with Crippen molar-refractivity contribution < 1.29 is 13.2 Å². The highest BCUT2D eigenvalue weighted by atomic mass is 32.1. The lowest BCUT2D eigenvalue weighted by Gasteiger charge is -2.11. The monoisotopic (exact) mass is 322 g/mol. The number of hydrogen-bond acceptors (Lipinski definition) is 5. The van der Waals surface area contributed by atoms with E-state index >= 15 is 0 Å². The molecule has 3 rings (SSSR count). The Labute approximate surface area is 127 Å². The second-order valence-corrected chi connectivity index (χ2v) is 5.18. The van der Waals surface area contributed by atoms with Gasteiger partial charge in [-0.25, -0.2) is 0 Å². The standard InChI is InChI=1S/C14H9F3N4S/c15-14(16,17)9-3-5-10(6-4-9)20-11-2-1-7-18-12(11)13-21-19-8-22-13/h1-8,20H. The van der Waals surface area contributed by atoms with Gasteiger partial charge in [-0.2, -0.15) is 13.2 Å². The Bertz CT molecular complexity index is 755. The van der Waals surface area contributed by atoms with E-state index in [-0.39, 0.29) is 0 Å². The van der Waals surface area contributed by atoms with E-state index < -0.39 is 11.7 Å². The number of nitrogens with zero attached hydrogens (tertiary/aromatic N) is 3. The Morgan fingerprint density at radius 3 is 2.45 bits per heavy atom. The molecule has 0 saturated carbocycles. The van der Waals surface area contributed by atoms with E-state index in [0.29, 0.717) is 22.1 Å². The number of hydrogen-bond donors (Lipinski definition) is 1. The molecule has 0 saturated heterocycles. The molecule has 0 aliphatic heterocycles. The molecule has 8 heteroatoms. The predicted molar refractivity (Wildman–Crippen MR) is 77.9 cm³/mol. The first-order chi connectivity index (χ1) is 10.5. The van der Waals surface area contributed by atoms with Gasteiger partial charge in [0, 0.05) is 11.9 Å². The van der Waals surface area contributed by atoms with Crippen LogP contribution in [0.2, 0.25) is 0 Å². The van der Waals surface area contributed by atoms with Gasteiger partial charge >= 0.3 is 6.18 Å². The average molecular weight is 322 g/mol. The summed E-state index contributed by atoms with van der Waals surface area (Å²) in [5.41, 5.74) is 2.69. The highest BCUT2D eigenvalue weighted by Gasteiger charge is 2.29. The van der Waals surface area contributed by atoms with E-state index in [4.69, 9.17) is 0 Å². The van der Waals surface area contributed by atoms with Gasteiger partial charge < -0.3 is 5.32 Å².